The molecular formula is C11H20N2O7. The summed E-state index contributed by atoms with van der Waals surface area (Å²) in [6, 6.07) is -1.92. The molecule has 0 heterocycles. The van der Waals surface area contributed by atoms with Crippen molar-refractivity contribution in [1.29, 1.82) is 0 Å². The summed E-state index contributed by atoms with van der Waals surface area (Å²) in [4.78, 5) is 32.6. The van der Waals surface area contributed by atoms with Gasteiger partial charge >= 0.3 is 18.0 Å². The first-order valence-electron chi connectivity index (χ1n) is 6.03. The maximum absolute atomic E-state index is 11.4. The van der Waals surface area contributed by atoms with Crippen LogP contribution in [-0.4, -0.2) is 67.7 Å². The van der Waals surface area contributed by atoms with Gasteiger partial charge in [0.05, 0.1) is 19.8 Å². The van der Waals surface area contributed by atoms with E-state index in [0.29, 0.717) is 13.2 Å². The number of rotatable bonds is 11. The van der Waals surface area contributed by atoms with Gasteiger partial charge in [-0.2, -0.15) is 0 Å². The number of aliphatic carboxylic acids is 2. The maximum Gasteiger partial charge on any atom is 0.326 e. The van der Waals surface area contributed by atoms with E-state index in [4.69, 9.17) is 19.7 Å². The lowest BCUT2D eigenvalue weighted by Gasteiger charge is -2.14. The van der Waals surface area contributed by atoms with Gasteiger partial charge in [-0.05, 0) is 6.42 Å². The first-order valence-corrected chi connectivity index (χ1v) is 6.03. The number of carbonyl (C=O) groups is 3. The standard InChI is InChI=1S/C11H20N2O7/c1-19-6-7-20-5-4-12-11(18)13-8(10(16)17)2-3-9(14)15/h8H,2-7H2,1H3,(H,14,15)(H,16,17)(H2,12,13,18)/t8-/m0/s1. The lowest BCUT2D eigenvalue weighted by atomic mass is 10.1. The summed E-state index contributed by atoms with van der Waals surface area (Å²) < 4.78 is 9.85. The van der Waals surface area contributed by atoms with Crippen LogP contribution in [0.15, 0.2) is 0 Å². The summed E-state index contributed by atoms with van der Waals surface area (Å²) in [7, 11) is 1.54. The van der Waals surface area contributed by atoms with Gasteiger partial charge in [0.2, 0.25) is 0 Å². The normalized spacial score (nSPS) is 11.7. The average Bonchev–Trinajstić information content (AvgIpc) is 2.38. The molecule has 0 rings (SSSR count). The zero-order valence-corrected chi connectivity index (χ0v) is 11.3. The van der Waals surface area contributed by atoms with E-state index in [9.17, 15) is 14.4 Å². The number of carboxylic acids is 2. The summed E-state index contributed by atoms with van der Waals surface area (Å²) in [5.74, 6) is -2.40. The van der Waals surface area contributed by atoms with Crippen LogP contribution >= 0.6 is 0 Å². The van der Waals surface area contributed by atoms with Crippen molar-refractivity contribution in [2.45, 2.75) is 18.9 Å². The first-order chi connectivity index (χ1) is 9.47. The second kappa shape index (κ2) is 11.0. The Labute approximate surface area is 116 Å². The lowest BCUT2D eigenvalue weighted by Crippen LogP contribution is -2.46. The fourth-order valence-corrected chi connectivity index (χ4v) is 1.22. The zero-order valence-electron chi connectivity index (χ0n) is 11.3. The van der Waals surface area contributed by atoms with Gasteiger partial charge in [0.25, 0.3) is 0 Å². The third-order valence-corrected chi connectivity index (χ3v) is 2.21. The van der Waals surface area contributed by atoms with Gasteiger partial charge in [-0.3, -0.25) is 4.79 Å². The van der Waals surface area contributed by atoms with Crippen LogP contribution in [0.2, 0.25) is 0 Å². The Morgan fingerprint density at radius 2 is 1.85 bits per heavy atom. The van der Waals surface area contributed by atoms with Gasteiger partial charge in [-0.1, -0.05) is 0 Å². The number of ether oxygens (including phenoxy) is 2. The Hall–Kier alpha value is -1.87. The van der Waals surface area contributed by atoms with Gasteiger partial charge < -0.3 is 30.3 Å². The molecule has 0 radical (unpaired) electrons. The fourth-order valence-electron chi connectivity index (χ4n) is 1.22. The highest BCUT2D eigenvalue weighted by Gasteiger charge is 2.20. The van der Waals surface area contributed by atoms with E-state index in [1.54, 1.807) is 0 Å². The number of amides is 2. The molecule has 0 bridgehead atoms. The molecule has 0 aliphatic carbocycles. The van der Waals surface area contributed by atoms with Gasteiger partial charge in [0.1, 0.15) is 6.04 Å². The van der Waals surface area contributed by atoms with Crippen molar-refractivity contribution in [3.63, 3.8) is 0 Å². The van der Waals surface area contributed by atoms with E-state index < -0.39 is 24.0 Å². The van der Waals surface area contributed by atoms with E-state index in [0.717, 1.165) is 0 Å². The van der Waals surface area contributed by atoms with Gasteiger partial charge in [-0.25, -0.2) is 9.59 Å². The molecule has 2 amide bonds. The molecule has 9 heteroatoms. The molecule has 116 valence electrons. The second-order valence-corrected chi connectivity index (χ2v) is 3.83. The second-order valence-electron chi connectivity index (χ2n) is 3.83. The molecular weight excluding hydrogens is 272 g/mol. The van der Waals surface area contributed by atoms with E-state index in [2.05, 4.69) is 10.6 Å². The van der Waals surface area contributed by atoms with Crippen molar-refractivity contribution >= 4 is 18.0 Å². The highest BCUT2D eigenvalue weighted by atomic mass is 16.5. The summed E-state index contributed by atoms with van der Waals surface area (Å²) in [5.41, 5.74) is 0. The average molecular weight is 292 g/mol. The van der Waals surface area contributed by atoms with Crippen LogP contribution in [0.5, 0.6) is 0 Å². The quantitative estimate of drug-likeness (QED) is 0.369. The van der Waals surface area contributed by atoms with Crippen molar-refractivity contribution in [2.75, 3.05) is 33.5 Å². The monoisotopic (exact) mass is 292 g/mol. The molecule has 0 saturated carbocycles. The van der Waals surface area contributed by atoms with E-state index in [-0.39, 0.29) is 26.0 Å². The minimum Gasteiger partial charge on any atom is -0.481 e. The Balaban J connectivity index is 3.84. The molecule has 0 fully saturated rings. The molecule has 4 N–H and O–H groups in total. The summed E-state index contributed by atoms with van der Waals surface area (Å²) in [5, 5.41) is 21.9. The smallest absolute Gasteiger partial charge is 0.326 e. The third-order valence-electron chi connectivity index (χ3n) is 2.21. The van der Waals surface area contributed by atoms with Gasteiger partial charge in [0, 0.05) is 20.1 Å². The van der Waals surface area contributed by atoms with Crippen molar-refractivity contribution in [3.8, 4) is 0 Å². The van der Waals surface area contributed by atoms with Crippen molar-refractivity contribution < 1.29 is 34.1 Å². The molecule has 9 nitrogen and oxygen atoms in total. The maximum atomic E-state index is 11.4. The molecule has 0 spiro atoms. The van der Waals surface area contributed by atoms with E-state index in [1.165, 1.54) is 7.11 Å². The Morgan fingerprint density at radius 3 is 2.40 bits per heavy atom. The third kappa shape index (κ3) is 10.1. The molecule has 0 aromatic heterocycles. The van der Waals surface area contributed by atoms with Crippen LogP contribution in [0, 0.1) is 0 Å². The molecule has 1 atom stereocenters. The van der Waals surface area contributed by atoms with Gasteiger partial charge in [0.15, 0.2) is 0 Å². The number of carboxylic acid groups (broad SMARTS) is 2. The minimum absolute atomic E-state index is 0.178. The molecule has 0 aliphatic rings. The Morgan fingerprint density at radius 1 is 1.15 bits per heavy atom. The summed E-state index contributed by atoms with van der Waals surface area (Å²) in [6.45, 7) is 1.32. The summed E-state index contributed by atoms with van der Waals surface area (Å²) >= 11 is 0. The number of carbonyl (C=O) groups excluding carboxylic acids is 1. The Kier molecular flexibility index (Phi) is 9.97. The van der Waals surface area contributed by atoms with Crippen LogP contribution < -0.4 is 10.6 Å². The van der Waals surface area contributed by atoms with Crippen molar-refractivity contribution in [2.24, 2.45) is 0 Å². The minimum atomic E-state index is -1.28. The predicted molar refractivity (Wildman–Crippen MR) is 67.5 cm³/mol. The molecule has 0 aliphatic heterocycles. The van der Waals surface area contributed by atoms with Gasteiger partial charge in [-0.15, -0.1) is 0 Å². The van der Waals surface area contributed by atoms with Crippen LogP contribution in [0.25, 0.3) is 0 Å². The molecule has 0 aromatic carbocycles. The van der Waals surface area contributed by atoms with Crippen LogP contribution in [0.4, 0.5) is 4.79 Å². The Bertz CT molecular complexity index is 322. The van der Waals surface area contributed by atoms with Crippen LogP contribution in [-0.2, 0) is 19.1 Å². The molecule has 0 unspecified atom stereocenters. The van der Waals surface area contributed by atoms with Crippen LogP contribution in [0.3, 0.4) is 0 Å². The number of methoxy groups -OCH3 is 1. The number of hydrogen-bond acceptors (Lipinski definition) is 5. The van der Waals surface area contributed by atoms with Crippen LogP contribution in [0.1, 0.15) is 12.8 Å². The number of hydrogen-bond donors (Lipinski definition) is 4. The SMILES string of the molecule is COCCOCCNC(=O)N[C@@H](CCC(=O)O)C(=O)O. The number of nitrogens with one attached hydrogen (secondary N) is 2. The fraction of sp³-hybridized carbons (Fsp3) is 0.727. The first kappa shape index (κ1) is 18.1. The highest BCUT2D eigenvalue weighted by Crippen LogP contribution is 1.97. The topological polar surface area (TPSA) is 134 Å². The predicted octanol–water partition coefficient (Wildman–Crippen LogP) is -0.733. The van der Waals surface area contributed by atoms with Crippen molar-refractivity contribution in [3.05, 3.63) is 0 Å². The van der Waals surface area contributed by atoms with E-state index in [1.807, 2.05) is 0 Å². The molecule has 0 saturated heterocycles. The highest BCUT2D eigenvalue weighted by molar-refractivity contribution is 5.82. The zero-order chi connectivity index (χ0) is 15.4. The number of urea groups is 1. The summed E-state index contributed by atoms with van der Waals surface area (Å²) in [6.07, 6.45) is -0.514. The largest absolute Gasteiger partial charge is 0.481 e. The van der Waals surface area contributed by atoms with E-state index >= 15 is 0 Å². The molecule has 0 aromatic rings. The lowest BCUT2D eigenvalue weighted by molar-refractivity contribution is -0.140. The molecule has 20 heavy (non-hydrogen) atoms. The van der Waals surface area contributed by atoms with Crippen molar-refractivity contribution in [1.82, 2.24) is 10.6 Å².